The second-order valence-corrected chi connectivity index (χ2v) is 4.98. The lowest BCUT2D eigenvalue weighted by atomic mass is 10.3. The van der Waals surface area contributed by atoms with Crippen molar-refractivity contribution in [2.24, 2.45) is 0 Å². The Kier molecular flexibility index (Phi) is 3.51. The monoisotopic (exact) mass is 321 g/mol. The normalized spacial score (nSPS) is 10.8. The van der Waals surface area contributed by atoms with Crippen LogP contribution in [0.1, 0.15) is 16.2 Å². The van der Waals surface area contributed by atoms with Crippen LogP contribution in [-0.4, -0.2) is 21.1 Å². The first-order valence-electron chi connectivity index (χ1n) is 7.18. The highest BCUT2D eigenvalue weighted by Gasteiger charge is 2.14. The Morgan fingerprint density at radius 1 is 1.08 bits per heavy atom. The number of para-hydroxylation sites is 2. The summed E-state index contributed by atoms with van der Waals surface area (Å²) in [6, 6.07) is 12.4. The Morgan fingerprint density at radius 3 is 2.79 bits per heavy atom. The molecular formula is C17H11N3O4. The molecule has 0 saturated heterocycles. The van der Waals surface area contributed by atoms with Gasteiger partial charge in [-0.3, -0.25) is 4.98 Å². The Bertz CT molecular complexity index is 992. The van der Waals surface area contributed by atoms with E-state index in [1.165, 1.54) is 12.5 Å². The highest BCUT2D eigenvalue weighted by atomic mass is 16.5. The molecule has 4 aromatic rings. The number of fused-ring (bicyclic) bond motifs is 1. The van der Waals surface area contributed by atoms with Gasteiger partial charge in [0.15, 0.2) is 11.5 Å². The number of rotatable bonds is 4. The largest absolute Gasteiger partial charge is 0.461 e. The molecule has 0 bridgehead atoms. The summed E-state index contributed by atoms with van der Waals surface area (Å²) in [6.45, 7) is -0.0302. The summed E-state index contributed by atoms with van der Waals surface area (Å²) in [4.78, 5) is 20.5. The molecule has 7 nitrogen and oxygen atoms in total. The first-order valence-corrected chi connectivity index (χ1v) is 7.18. The molecule has 0 aliphatic rings. The van der Waals surface area contributed by atoms with E-state index in [1.54, 1.807) is 24.3 Å². The van der Waals surface area contributed by atoms with Crippen molar-refractivity contribution in [2.75, 3.05) is 0 Å². The number of nitrogens with zero attached hydrogens (tertiary/aromatic N) is 3. The van der Waals surface area contributed by atoms with Crippen LogP contribution in [0.4, 0.5) is 0 Å². The lowest BCUT2D eigenvalue weighted by Crippen LogP contribution is -2.08. The van der Waals surface area contributed by atoms with Crippen molar-refractivity contribution in [1.29, 1.82) is 0 Å². The number of carbonyl (C=O) groups is 1. The molecule has 0 spiro atoms. The van der Waals surface area contributed by atoms with E-state index in [9.17, 15) is 4.79 Å². The molecule has 7 heteroatoms. The summed E-state index contributed by atoms with van der Waals surface area (Å²) in [5, 5.41) is 3.84. The van der Waals surface area contributed by atoms with Crippen molar-refractivity contribution in [3.05, 3.63) is 66.3 Å². The zero-order valence-corrected chi connectivity index (χ0v) is 12.4. The van der Waals surface area contributed by atoms with Crippen LogP contribution in [0, 0.1) is 0 Å². The number of aromatic nitrogens is 3. The third kappa shape index (κ3) is 2.74. The van der Waals surface area contributed by atoms with Crippen LogP contribution in [-0.2, 0) is 11.3 Å². The summed E-state index contributed by atoms with van der Waals surface area (Å²) in [5.41, 5.74) is 1.97. The fourth-order valence-electron chi connectivity index (χ4n) is 2.18. The molecule has 0 amide bonds. The predicted molar refractivity (Wildman–Crippen MR) is 82.9 cm³/mol. The van der Waals surface area contributed by atoms with Gasteiger partial charge in [0, 0.05) is 6.07 Å². The van der Waals surface area contributed by atoms with Gasteiger partial charge in [-0.15, -0.1) is 0 Å². The fourth-order valence-corrected chi connectivity index (χ4v) is 2.18. The Balaban J connectivity index is 1.46. The zero-order chi connectivity index (χ0) is 16.4. The Hall–Kier alpha value is -3.48. The third-order valence-corrected chi connectivity index (χ3v) is 3.33. The Morgan fingerprint density at radius 2 is 1.96 bits per heavy atom. The molecule has 3 heterocycles. The van der Waals surface area contributed by atoms with Crippen molar-refractivity contribution in [2.45, 2.75) is 6.61 Å². The molecule has 0 aliphatic heterocycles. The molecule has 1 aromatic carbocycles. The highest BCUT2D eigenvalue weighted by Crippen LogP contribution is 2.21. The molecule has 0 atom stereocenters. The Labute approximate surface area is 135 Å². The van der Waals surface area contributed by atoms with Crippen molar-refractivity contribution < 1.29 is 18.5 Å². The van der Waals surface area contributed by atoms with E-state index in [0.717, 1.165) is 0 Å². The quantitative estimate of drug-likeness (QED) is 0.533. The minimum Gasteiger partial charge on any atom is -0.461 e. The van der Waals surface area contributed by atoms with Crippen LogP contribution < -0.4 is 0 Å². The summed E-state index contributed by atoms with van der Waals surface area (Å²) in [7, 11) is 0. The number of carbonyl (C=O) groups excluding carboxylic acids is 1. The predicted octanol–water partition coefficient (Wildman–Crippen LogP) is 3.23. The fraction of sp³-hybridized carbons (Fsp3) is 0.0588. The molecule has 0 saturated carbocycles. The second-order valence-electron chi connectivity index (χ2n) is 4.98. The molecule has 4 rings (SSSR count). The number of furan rings is 1. The number of hydrogen-bond acceptors (Lipinski definition) is 7. The standard InChI is InChI=1S/C17H11N3O4/c21-17(14-9-18-12-4-1-2-5-13(12)19-14)23-10-11-8-16(24-20-11)15-6-3-7-22-15/h1-9H,10H2. The SMILES string of the molecule is O=C(OCc1cc(-c2ccco2)on1)c1cnc2ccccc2n1. The van der Waals surface area contributed by atoms with Crippen LogP contribution in [0.15, 0.2) is 63.9 Å². The first kappa shape index (κ1) is 14.1. The van der Waals surface area contributed by atoms with Crippen molar-refractivity contribution in [3.63, 3.8) is 0 Å². The second kappa shape index (κ2) is 5.96. The molecule has 118 valence electrons. The van der Waals surface area contributed by atoms with E-state index in [2.05, 4.69) is 15.1 Å². The summed E-state index contributed by atoms with van der Waals surface area (Å²) in [5.74, 6) is 0.452. The molecule has 3 aromatic heterocycles. The molecule has 0 N–H and O–H groups in total. The molecule has 0 aliphatic carbocycles. The highest BCUT2D eigenvalue weighted by molar-refractivity contribution is 5.89. The average molecular weight is 321 g/mol. The van der Waals surface area contributed by atoms with E-state index in [1.807, 2.05) is 18.2 Å². The maximum atomic E-state index is 12.1. The van der Waals surface area contributed by atoms with E-state index >= 15 is 0 Å². The maximum Gasteiger partial charge on any atom is 0.358 e. The van der Waals surface area contributed by atoms with E-state index in [0.29, 0.717) is 28.2 Å². The molecule has 24 heavy (non-hydrogen) atoms. The van der Waals surface area contributed by atoms with Gasteiger partial charge in [0.1, 0.15) is 12.3 Å². The lowest BCUT2D eigenvalue weighted by Gasteiger charge is -2.02. The van der Waals surface area contributed by atoms with E-state index in [4.69, 9.17) is 13.7 Å². The van der Waals surface area contributed by atoms with Crippen LogP contribution >= 0.6 is 0 Å². The lowest BCUT2D eigenvalue weighted by molar-refractivity contribution is 0.0457. The van der Waals surface area contributed by atoms with Gasteiger partial charge in [0.25, 0.3) is 0 Å². The summed E-state index contributed by atoms with van der Waals surface area (Å²) in [6.07, 6.45) is 2.93. The van der Waals surface area contributed by atoms with E-state index in [-0.39, 0.29) is 12.3 Å². The minimum atomic E-state index is -0.573. The smallest absolute Gasteiger partial charge is 0.358 e. The number of esters is 1. The van der Waals surface area contributed by atoms with Gasteiger partial charge in [0.05, 0.1) is 23.5 Å². The zero-order valence-electron chi connectivity index (χ0n) is 12.4. The molecule has 0 unspecified atom stereocenters. The number of hydrogen-bond donors (Lipinski definition) is 0. The minimum absolute atomic E-state index is 0.0302. The van der Waals surface area contributed by atoms with Gasteiger partial charge in [-0.2, -0.15) is 0 Å². The van der Waals surface area contributed by atoms with Gasteiger partial charge >= 0.3 is 5.97 Å². The van der Waals surface area contributed by atoms with Gasteiger partial charge < -0.3 is 13.7 Å². The van der Waals surface area contributed by atoms with Crippen LogP contribution in [0.25, 0.3) is 22.6 Å². The summed E-state index contributed by atoms with van der Waals surface area (Å²) >= 11 is 0. The van der Waals surface area contributed by atoms with Crippen LogP contribution in [0.3, 0.4) is 0 Å². The topological polar surface area (TPSA) is 91.2 Å². The van der Waals surface area contributed by atoms with Crippen LogP contribution in [0.2, 0.25) is 0 Å². The number of benzene rings is 1. The molecule has 0 radical (unpaired) electrons. The maximum absolute atomic E-state index is 12.1. The number of ether oxygens (including phenoxy) is 1. The average Bonchev–Trinajstić information content (AvgIpc) is 3.30. The summed E-state index contributed by atoms with van der Waals surface area (Å²) < 4.78 is 15.5. The van der Waals surface area contributed by atoms with Crippen molar-refractivity contribution >= 4 is 17.0 Å². The van der Waals surface area contributed by atoms with Crippen molar-refractivity contribution in [3.8, 4) is 11.5 Å². The first-order chi connectivity index (χ1) is 11.8. The third-order valence-electron chi connectivity index (χ3n) is 3.33. The molecular weight excluding hydrogens is 310 g/mol. The van der Waals surface area contributed by atoms with Gasteiger partial charge in [-0.05, 0) is 24.3 Å². The van der Waals surface area contributed by atoms with Crippen molar-refractivity contribution in [1.82, 2.24) is 15.1 Å². The molecule has 0 fully saturated rings. The van der Waals surface area contributed by atoms with Gasteiger partial charge in [0.2, 0.25) is 5.76 Å². The van der Waals surface area contributed by atoms with Gasteiger partial charge in [-0.25, -0.2) is 9.78 Å². The van der Waals surface area contributed by atoms with Gasteiger partial charge in [-0.1, -0.05) is 17.3 Å². The van der Waals surface area contributed by atoms with Crippen LogP contribution in [0.5, 0.6) is 0 Å². The van der Waals surface area contributed by atoms with E-state index < -0.39 is 5.97 Å².